The molecule has 0 bridgehead atoms. The molecule has 0 aliphatic heterocycles. The van der Waals surface area contributed by atoms with Crippen molar-refractivity contribution in [3.63, 3.8) is 0 Å². The van der Waals surface area contributed by atoms with Crippen LogP contribution in [0, 0.1) is 0 Å². The molecule has 1 heterocycles. The molecule has 2 aromatic rings. The van der Waals surface area contributed by atoms with Gasteiger partial charge in [-0.3, -0.25) is 4.57 Å². The molecule has 1 aliphatic rings. The molecule has 1 unspecified atom stereocenters. The molecule has 0 spiro atoms. The van der Waals surface area contributed by atoms with Crippen LogP contribution in [0.3, 0.4) is 0 Å². The zero-order valence-electron chi connectivity index (χ0n) is 10.8. The van der Waals surface area contributed by atoms with Gasteiger partial charge in [-0.25, -0.2) is 0 Å². The Morgan fingerprint density at radius 3 is 2.37 bits per heavy atom. The highest BCUT2D eigenvalue weighted by Crippen LogP contribution is 2.45. The summed E-state index contributed by atoms with van der Waals surface area (Å²) in [5.41, 5.74) is 2.36. The second-order valence-electron chi connectivity index (χ2n) is 5.18. The summed E-state index contributed by atoms with van der Waals surface area (Å²) in [6.07, 6.45) is 2.85. The second kappa shape index (κ2) is 4.23. The van der Waals surface area contributed by atoms with E-state index in [4.69, 9.17) is 0 Å². The molecule has 100 valence electrons. The van der Waals surface area contributed by atoms with E-state index in [0.29, 0.717) is 5.69 Å². The van der Waals surface area contributed by atoms with Crippen molar-refractivity contribution < 1.29 is 15.3 Å². The fourth-order valence-electron chi connectivity index (χ4n) is 2.95. The first-order valence-electron chi connectivity index (χ1n) is 6.54. The highest BCUT2D eigenvalue weighted by atomic mass is 16.3. The third-order valence-corrected chi connectivity index (χ3v) is 3.92. The van der Waals surface area contributed by atoms with Gasteiger partial charge in [-0.05, 0) is 49.4 Å². The molecular formula is C15H17NO3. The minimum Gasteiger partial charge on any atom is -0.508 e. The van der Waals surface area contributed by atoms with Crippen LogP contribution in [-0.2, 0) is 6.42 Å². The molecular weight excluding hydrogens is 242 g/mol. The molecule has 1 atom stereocenters. The van der Waals surface area contributed by atoms with Gasteiger partial charge in [0.1, 0.15) is 5.75 Å². The van der Waals surface area contributed by atoms with E-state index < -0.39 is 0 Å². The van der Waals surface area contributed by atoms with Gasteiger partial charge in [0, 0.05) is 11.1 Å². The van der Waals surface area contributed by atoms with Crippen LogP contribution in [0.5, 0.6) is 17.5 Å². The van der Waals surface area contributed by atoms with E-state index in [1.807, 2.05) is 0 Å². The highest BCUT2D eigenvalue weighted by Gasteiger charge is 2.29. The van der Waals surface area contributed by atoms with Crippen LogP contribution in [0.1, 0.15) is 36.8 Å². The summed E-state index contributed by atoms with van der Waals surface area (Å²) in [4.78, 5) is 0. The van der Waals surface area contributed by atoms with Gasteiger partial charge in [-0.1, -0.05) is 6.92 Å². The summed E-state index contributed by atoms with van der Waals surface area (Å²) < 4.78 is 1.45. The van der Waals surface area contributed by atoms with Gasteiger partial charge in [0.25, 0.3) is 0 Å². The topological polar surface area (TPSA) is 65.6 Å². The normalized spacial score (nSPS) is 18.3. The van der Waals surface area contributed by atoms with Crippen LogP contribution in [0.2, 0.25) is 0 Å². The van der Waals surface area contributed by atoms with E-state index in [9.17, 15) is 15.3 Å². The minimum absolute atomic E-state index is 0.115. The number of phenolic OH excluding ortho intramolecular Hbond substituents is 1. The summed E-state index contributed by atoms with van der Waals surface area (Å²) >= 11 is 0. The first-order chi connectivity index (χ1) is 9.09. The van der Waals surface area contributed by atoms with Crippen molar-refractivity contribution in [1.82, 2.24) is 4.57 Å². The minimum atomic E-state index is 0.115. The quantitative estimate of drug-likeness (QED) is 0.737. The Balaban J connectivity index is 2.20. The highest BCUT2D eigenvalue weighted by molar-refractivity contribution is 5.55. The summed E-state index contributed by atoms with van der Waals surface area (Å²) in [5, 5.41) is 30.0. The number of nitrogens with zero attached hydrogens (tertiary/aromatic N) is 1. The molecule has 1 aromatic carbocycles. The number of aromatic hydroxyl groups is 3. The van der Waals surface area contributed by atoms with Crippen LogP contribution in [0.4, 0.5) is 0 Å². The first kappa shape index (κ1) is 12.0. The van der Waals surface area contributed by atoms with Crippen LogP contribution >= 0.6 is 0 Å². The Bertz CT molecular complexity index is 613. The molecule has 4 heteroatoms. The van der Waals surface area contributed by atoms with E-state index in [0.717, 1.165) is 30.4 Å². The Morgan fingerprint density at radius 2 is 1.74 bits per heavy atom. The van der Waals surface area contributed by atoms with Crippen molar-refractivity contribution in [2.24, 2.45) is 0 Å². The van der Waals surface area contributed by atoms with Gasteiger partial charge in [0.15, 0.2) is 0 Å². The maximum absolute atomic E-state index is 10.4. The van der Waals surface area contributed by atoms with Crippen LogP contribution in [-0.4, -0.2) is 19.9 Å². The van der Waals surface area contributed by atoms with Crippen molar-refractivity contribution in [2.45, 2.75) is 32.1 Å². The molecule has 19 heavy (non-hydrogen) atoms. The molecule has 1 aromatic heterocycles. The molecule has 0 fully saturated rings. The van der Waals surface area contributed by atoms with Gasteiger partial charge in [0.2, 0.25) is 11.8 Å². The molecule has 0 amide bonds. The molecule has 0 radical (unpaired) electrons. The van der Waals surface area contributed by atoms with Crippen molar-refractivity contribution >= 4 is 0 Å². The zero-order valence-corrected chi connectivity index (χ0v) is 10.8. The molecule has 0 saturated carbocycles. The second-order valence-corrected chi connectivity index (χ2v) is 5.18. The zero-order chi connectivity index (χ0) is 13.6. The number of phenols is 1. The van der Waals surface area contributed by atoms with Gasteiger partial charge in [-0.15, -0.1) is 0 Å². The lowest BCUT2D eigenvalue weighted by atomic mass is 9.86. The van der Waals surface area contributed by atoms with Gasteiger partial charge < -0.3 is 15.3 Å². The number of aromatic nitrogens is 1. The summed E-state index contributed by atoms with van der Waals surface area (Å²) in [6.45, 7) is 2.07. The van der Waals surface area contributed by atoms with Gasteiger partial charge in [0.05, 0.1) is 5.69 Å². The Labute approximate surface area is 111 Å². The number of hydrogen-bond donors (Lipinski definition) is 3. The third kappa shape index (κ3) is 1.75. The SMILES string of the molecule is CC1CCCc2c1c(O)n(-c1ccc(O)cc1)c2O. The number of benzene rings is 1. The van der Waals surface area contributed by atoms with Crippen molar-refractivity contribution in [1.29, 1.82) is 0 Å². The number of hydrogen-bond acceptors (Lipinski definition) is 3. The largest absolute Gasteiger partial charge is 0.508 e. The van der Waals surface area contributed by atoms with E-state index in [2.05, 4.69) is 6.92 Å². The molecule has 1 aliphatic carbocycles. The lowest BCUT2D eigenvalue weighted by Crippen LogP contribution is -2.04. The molecule has 4 nitrogen and oxygen atoms in total. The number of fused-ring (bicyclic) bond motifs is 1. The Morgan fingerprint density at radius 1 is 1.05 bits per heavy atom. The van der Waals surface area contributed by atoms with Crippen LogP contribution < -0.4 is 0 Å². The Kier molecular flexibility index (Phi) is 2.66. The maximum atomic E-state index is 10.4. The lowest BCUT2D eigenvalue weighted by molar-refractivity contribution is 0.398. The average molecular weight is 259 g/mol. The predicted octanol–water partition coefficient (Wildman–Crippen LogP) is 3.03. The lowest BCUT2D eigenvalue weighted by Gasteiger charge is -2.18. The van der Waals surface area contributed by atoms with Crippen LogP contribution in [0.15, 0.2) is 24.3 Å². The van der Waals surface area contributed by atoms with E-state index >= 15 is 0 Å². The molecule has 0 saturated heterocycles. The van der Waals surface area contributed by atoms with Crippen molar-refractivity contribution in [3.8, 4) is 23.2 Å². The van der Waals surface area contributed by atoms with E-state index in [-0.39, 0.29) is 23.4 Å². The summed E-state index contributed by atoms with van der Waals surface area (Å²) in [6, 6.07) is 6.42. The summed E-state index contributed by atoms with van der Waals surface area (Å²) in [7, 11) is 0. The van der Waals surface area contributed by atoms with Gasteiger partial charge in [-0.2, -0.15) is 0 Å². The van der Waals surface area contributed by atoms with E-state index in [1.54, 1.807) is 12.1 Å². The monoisotopic (exact) mass is 259 g/mol. The summed E-state index contributed by atoms with van der Waals surface area (Å²) in [5.74, 6) is 0.649. The fourth-order valence-corrected chi connectivity index (χ4v) is 2.95. The smallest absolute Gasteiger partial charge is 0.202 e. The molecule has 3 rings (SSSR count). The average Bonchev–Trinajstić information content (AvgIpc) is 2.65. The van der Waals surface area contributed by atoms with E-state index in [1.165, 1.54) is 16.7 Å². The third-order valence-electron chi connectivity index (χ3n) is 3.92. The van der Waals surface area contributed by atoms with Crippen molar-refractivity contribution in [2.75, 3.05) is 0 Å². The molecule has 3 N–H and O–H groups in total. The Hall–Kier alpha value is -2.10. The standard InChI is InChI=1S/C15H17NO3/c1-9-3-2-4-12-13(9)15(19)16(14(12)18)10-5-7-11(17)8-6-10/h5-9,17-19H,2-4H2,1H3. The fraction of sp³-hybridized carbons (Fsp3) is 0.333. The van der Waals surface area contributed by atoms with Crippen molar-refractivity contribution in [3.05, 3.63) is 35.4 Å². The van der Waals surface area contributed by atoms with Gasteiger partial charge >= 0.3 is 0 Å². The maximum Gasteiger partial charge on any atom is 0.202 e. The van der Waals surface area contributed by atoms with Crippen LogP contribution in [0.25, 0.3) is 5.69 Å². The predicted molar refractivity (Wildman–Crippen MR) is 72.1 cm³/mol. The first-order valence-corrected chi connectivity index (χ1v) is 6.54. The number of rotatable bonds is 1.